The van der Waals surface area contributed by atoms with Crippen molar-refractivity contribution < 1.29 is 47.0 Å². The van der Waals surface area contributed by atoms with Gasteiger partial charge in [-0.1, -0.05) is 66.7 Å². The zero-order valence-corrected chi connectivity index (χ0v) is 30.8. The molecule has 0 radical (unpaired) electrons. The van der Waals surface area contributed by atoms with Gasteiger partial charge in [0.25, 0.3) is 0 Å². The van der Waals surface area contributed by atoms with Gasteiger partial charge in [-0.2, -0.15) is 18.4 Å². The number of carbonyl (C=O) groups is 6. The number of benzene rings is 4. The smallest absolute Gasteiger partial charge is 0.416 e. The standard InChI is InChI=1S/C42H39F3N6O7/c43-42(44,45)30-14-10-27(11-15-30)22-34-39(55)50-33(20-25-4-2-1-3-5-25)40(56)51-35(41(57)58)23-28-12-16-31(17-13-28)47-36(52)18-19-37(53)48-32(38(54)49-34)21-26-6-8-29(24-46)9-7-26/h1-17,32-35H,18-23H2,(H,47,52)(H,48,53)(H,49,54)(H,50,55)(H,51,56)(H,57,58)/t32-,33-,34+,35+/m1/s1. The van der Waals surface area contributed by atoms with Gasteiger partial charge in [0.15, 0.2) is 0 Å². The van der Waals surface area contributed by atoms with Crippen molar-refractivity contribution in [2.45, 2.75) is 68.9 Å². The molecule has 5 amide bonds. The number of carboxylic acid groups (broad SMARTS) is 1. The molecule has 300 valence electrons. The second kappa shape index (κ2) is 19.2. The van der Waals surface area contributed by atoms with Crippen LogP contribution in [0.3, 0.4) is 0 Å². The van der Waals surface area contributed by atoms with Crippen LogP contribution in [0, 0.1) is 11.3 Å². The van der Waals surface area contributed by atoms with Gasteiger partial charge >= 0.3 is 12.1 Å². The Labute approximate surface area is 331 Å². The van der Waals surface area contributed by atoms with Gasteiger partial charge < -0.3 is 31.7 Å². The first kappa shape index (κ1) is 42.1. The quantitative estimate of drug-likeness (QED) is 0.152. The minimum absolute atomic E-state index is 0.114. The highest BCUT2D eigenvalue weighted by atomic mass is 19.4. The molecule has 16 heteroatoms. The van der Waals surface area contributed by atoms with Gasteiger partial charge in [0.05, 0.1) is 17.2 Å². The first-order chi connectivity index (χ1) is 27.7. The third kappa shape index (κ3) is 12.2. The lowest BCUT2D eigenvalue weighted by atomic mass is 9.99. The van der Waals surface area contributed by atoms with Gasteiger partial charge in [0, 0.05) is 44.2 Å². The van der Waals surface area contributed by atoms with E-state index in [0.717, 1.165) is 24.3 Å². The Morgan fingerprint density at radius 2 is 1.12 bits per heavy atom. The van der Waals surface area contributed by atoms with E-state index >= 15 is 0 Å². The minimum atomic E-state index is -4.64. The fourth-order valence-corrected chi connectivity index (χ4v) is 6.19. The molecular weight excluding hydrogens is 757 g/mol. The zero-order chi connectivity index (χ0) is 41.8. The molecule has 6 N–H and O–H groups in total. The van der Waals surface area contributed by atoms with Crippen LogP contribution in [0.5, 0.6) is 0 Å². The molecule has 0 saturated heterocycles. The van der Waals surface area contributed by atoms with Crippen LogP contribution < -0.4 is 26.6 Å². The van der Waals surface area contributed by atoms with E-state index in [1.54, 1.807) is 54.6 Å². The van der Waals surface area contributed by atoms with E-state index in [4.69, 9.17) is 0 Å². The zero-order valence-electron chi connectivity index (χ0n) is 30.8. The molecule has 6 rings (SSSR count). The van der Waals surface area contributed by atoms with Crippen molar-refractivity contribution in [3.8, 4) is 6.07 Å². The molecule has 2 aliphatic rings. The number of amides is 5. The van der Waals surface area contributed by atoms with Gasteiger partial charge in [-0.05, 0) is 58.7 Å². The number of fused-ring (bicyclic) bond motifs is 18. The van der Waals surface area contributed by atoms with Gasteiger partial charge in [-0.15, -0.1) is 0 Å². The molecule has 2 aliphatic heterocycles. The minimum Gasteiger partial charge on any atom is -0.480 e. The molecule has 2 heterocycles. The number of nitrogens with zero attached hydrogens (tertiary/aromatic N) is 1. The monoisotopic (exact) mass is 796 g/mol. The summed E-state index contributed by atoms with van der Waals surface area (Å²) in [5.74, 6) is -5.27. The van der Waals surface area contributed by atoms with Crippen LogP contribution in [-0.4, -0.2) is 64.8 Å². The second-order valence-corrected chi connectivity index (χ2v) is 13.7. The Morgan fingerprint density at radius 1 is 0.638 bits per heavy atom. The van der Waals surface area contributed by atoms with Crippen LogP contribution in [0.25, 0.3) is 0 Å². The number of anilines is 1. The average molecular weight is 797 g/mol. The highest BCUT2D eigenvalue weighted by Gasteiger charge is 2.33. The molecule has 0 saturated carbocycles. The maximum atomic E-state index is 14.2. The molecule has 0 aromatic heterocycles. The summed E-state index contributed by atoms with van der Waals surface area (Å²) in [7, 11) is 0. The number of hydrogen-bond acceptors (Lipinski definition) is 7. The molecule has 0 aliphatic carbocycles. The maximum Gasteiger partial charge on any atom is 0.416 e. The molecule has 13 nitrogen and oxygen atoms in total. The summed E-state index contributed by atoms with van der Waals surface area (Å²) in [5, 5.41) is 32.3. The van der Waals surface area contributed by atoms with Gasteiger partial charge in [0.2, 0.25) is 29.5 Å². The summed E-state index contributed by atoms with van der Waals surface area (Å²) in [5.41, 5.74) is 1.55. The highest BCUT2D eigenvalue weighted by molar-refractivity contribution is 5.97. The number of hydrogen-bond donors (Lipinski definition) is 6. The number of aliphatic carboxylic acids is 1. The lowest BCUT2D eigenvalue weighted by Crippen LogP contribution is -2.59. The first-order valence-corrected chi connectivity index (χ1v) is 18.2. The van der Waals surface area contributed by atoms with Crippen molar-refractivity contribution in [1.29, 1.82) is 5.26 Å². The SMILES string of the molecule is N#Cc1ccc(C[C@H]2NC(=O)CCC(=O)Nc3ccc(cc3)C[C@@H](C(=O)O)NC(=O)[C@@H](Cc3ccccc3)NC(=O)[C@H](Cc3ccc(C(F)(F)F)cc3)NC2=O)cc1. The summed E-state index contributed by atoms with van der Waals surface area (Å²) in [6.45, 7) is 0. The van der Waals surface area contributed by atoms with E-state index in [2.05, 4.69) is 26.6 Å². The number of nitriles is 1. The molecular formula is C42H39F3N6O7. The van der Waals surface area contributed by atoms with E-state index in [1.807, 2.05) is 6.07 Å². The summed E-state index contributed by atoms with van der Waals surface area (Å²) in [4.78, 5) is 80.6. The van der Waals surface area contributed by atoms with Crippen molar-refractivity contribution in [3.05, 3.63) is 137 Å². The lowest BCUT2D eigenvalue weighted by Gasteiger charge is -2.26. The van der Waals surface area contributed by atoms with E-state index in [1.165, 1.54) is 24.3 Å². The number of alkyl halides is 3. The van der Waals surface area contributed by atoms with Crippen molar-refractivity contribution in [2.75, 3.05) is 5.32 Å². The number of carboxylic acids is 1. The molecule has 2 bridgehead atoms. The maximum absolute atomic E-state index is 14.2. The lowest BCUT2D eigenvalue weighted by molar-refractivity contribution is -0.142. The van der Waals surface area contributed by atoms with Crippen LogP contribution in [0.2, 0.25) is 0 Å². The topological polar surface area (TPSA) is 207 Å². The van der Waals surface area contributed by atoms with Crippen LogP contribution >= 0.6 is 0 Å². The summed E-state index contributed by atoms with van der Waals surface area (Å²) >= 11 is 0. The Morgan fingerprint density at radius 3 is 1.64 bits per heavy atom. The molecule has 4 aromatic carbocycles. The van der Waals surface area contributed by atoms with Gasteiger partial charge in [-0.25, -0.2) is 4.79 Å². The Balaban J connectivity index is 1.53. The summed E-state index contributed by atoms with van der Waals surface area (Å²) in [6, 6.07) is 21.0. The number of carbonyl (C=O) groups excluding carboxylic acids is 5. The Bertz CT molecular complexity index is 2160. The molecule has 0 unspecified atom stereocenters. The number of nitrogens with one attached hydrogen (secondary N) is 5. The van der Waals surface area contributed by atoms with Crippen LogP contribution in [0.4, 0.5) is 18.9 Å². The summed E-state index contributed by atoms with van der Waals surface area (Å²) < 4.78 is 40.2. The molecule has 58 heavy (non-hydrogen) atoms. The van der Waals surface area contributed by atoms with Crippen LogP contribution in [-0.2, 0) is 60.6 Å². The fraction of sp³-hybridized carbons (Fsp3) is 0.262. The van der Waals surface area contributed by atoms with Crippen molar-refractivity contribution in [1.82, 2.24) is 21.3 Å². The first-order valence-electron chi connectivity index (χ1n) is 18.2. The van der Waals surface area contributed by atoms with E-state index in [9.17, 15) is 52.3 Å². The van der Waals surface area contributed by atoms with Crippen molar-refractivity contribution >= 4 is 41.2 Å². The highest BCUT2D eigenvalue weighted by Crippen LogP contribution is 2.29. The number of halogens is 3. The van der Waals surface area contributed by atoms with E-state index in [-0.39, 0.29) is 44.1 Å². The average Bonchev–Trinajstić information content (AvgIpc) is 3.19. The number of rotatable bonds is 7. The molecule has 0 spiro atoms. The van der Waals surface area contributed by atoms with Crippen LogP contribution in [0.1, 0.15) is 46.2 Å². The molecule has 4 atom stereocenters. The van der Waals surface area contributed by atoms with Crippen LogP contribution in [0.15, 0.2) is 103 Å². The van der Waals surface area contributed by atoms with Gasteiger partial charge in [0.1, 0.15) is 24.2 Å². The van der Waals surface area contributed by atoms with Crippen molar-refractivity contribution in [3.63, 3.8) is 0 Å². The third-order valence-corrected chi connectivity index (χ3v) is 9.32. The Hall–Kier alpha value is -7.02. The predicted molar refractivity (Wildman–Crippen MR) is 204 cm³/mol. The second-order valence-electron chi connectivity index (χ2n) is 13.7. The summed E-state index contributed by atoms with van der Waals surface area (Å²) in [6.07, 6.45) is -6.05. The van der Waals surface area contributed by atoms with E-state index in [0.29, 0.717) is 27.9 Å². The molecule has 0 fully saturated rings. The predicted octanol–water partition coefficient (Wildman–Crippen LogP) is 3.60. The largest absolute Gasteiger partial charge is 0.480 e. The molecule has 4 aromatic rings. The fourth-order valence-electron chi connectivity index (χ4n) is 6.19. The Kier molecular flexibility index (Phi) is 14.0. The van der Waals surface area contributed by atoms with E-state index < -0.39 is 71.4 Å². The third-order valence-electron chi connectivity index (χ3n) is 9.32. The van der Waals surface area contributed by atoms with Crippen molar-refractivity contribution in [2.24, 2.45) is 0 Å². The van der Waals surface area contributed by atoms with Gasteiger partial charge in [-0.3, -0.25) is 24.0 Å². The normalized spacial score (nSPS) is 19.9.